The molecule has 0 amide bonds. The van der Waals surface area contributed by atoms with Gasteiger partial charge in [-0.2, -0.15) is 0 Å². The zero-order chi connectivity index (χ0) is 15.5. The average Bonchev–Trinajstić information content (AvgIpc) is 2.99. The molecule has 0 bridgehead atoms. The number of aliphatic hydroxyl groups excluding tert-OH is 3. The molecule has 6 nitrogen and oxygen atoms in total. The minimum absolute atomic E-state index is 0.460. The van der Waals surface area contributed by atoms with Gasteiger partial charge in [-0.3, -0.25) is 0 Å². The molecule has 0 saturated carbocycles. The maximum absolute atomic E-state index is 10.2. The quantitative estimate of drug-likeness (QED) is 0.618. The van der Waals surface area contributed by atoms with E-state index in [-0.39, 0.29) is 0 Å². The first-order valence-corrected chi connectivity index (χ1v) is 8.05. The van der Waals surface area contributed by atoms with E-state index in [4.69, 9.17) is 19.3 Å². The number of unbranched alkanes of at least 4 members (excludes halogenated alkanes) is 2. The van der Waals surface area contributed by atoms with Gasteiger partial charge >= 0.3 is 0 Å². The van der Waals surface area contributed by atoms with Crippen molar-refractivity contribution in [2.45, 2.75) is 88.9 Å². The van der Waals surface area contributed by atoms with Crippen LogP contribution < -0.4 is 0 Å². The maximum atomic E-state index is 10.2. The van der Waals surface area contributed by atoms with Gasteiger partial charge in [0.05, 0.1) is 6.61 Å². The Morgan fingerprint density at radius 1 is 1.10 bits per heavy atom. The third-order valence-corrected chi connectivity index (χ3v) is 4.30. The van der Waals surface area contributed by atoms with Crippen LogP contribution in [0, 0.1) is 0 Å². The van der Waals surface area contributed by atoms with E-state index in [1.54, 1.807) is 0 Å². The Kier molecular flexibility index (Phi) is 5.99. The molecule has 2 heterocycles. The highest BCUT2D eigenvalue weighted by atomic mass is 16.8. The van der Waals surface area contributed by atoms with Crippen molar-refractivity contribution in [2.24, 2.45) is 0 Å². The van der Waals surface area contributed by atoms with Crippen molar-refractivity contribution >= 4 is 0 Å². The van der Waals surface area contributed by atoms with Crippen molar-refractivity contribution in [3.63, 3.8) is 0 Å². The fourth-order valence-electron chi connectivity index (χ4n) is 3.04. The van der Waals surface area contributed by atoms with Crippen LogP contribution in [0.5, 0.6) is 0 Å². The summed E-state index contributed by atoms with van der Waals surface area (Å²) in [6.45, 7) is 3.77. The second-order valence-electron chi connectivity index (χ2n) is 6.03. The lowest BCUT2D eigenvalue weighted by atomic mass is 10.0. The van der Waals surface area contributed by atoms with Gasteiger partial charge < -0.3 is 29.5 Å². The molecule has 21 heavy (non-hydrogen) atoms. The highest BCUT2D eigenvalue weighted by Gasteiger charge is 2.58. The van der Waals surface area contributed by atoms with E-state index < -0.39 is 43.1 Å². The fourth-order valence-corrected chi connectivity index (χ4v) is 3.04. The van der Waals surface area contributed by atoms with Crippen molar-refractivity contribution < 1.29 is 29.5 Å². The molecule has 2 rings (SSSR count). The Bertz CT molecular complexity index is 315. The van der Waals surface area contributed by atoms with E-state index in [1.807, 2.05) is 0 Å². The summed E-state index contributed by atoms with van der Waals surface area (Å²) in [5.41, 5.74) is 0. The molecule has 2 aliphatic rings. The van der Waals surface area contributed by atoms with Gasteiger partial charge in [0.2, 0.25) is 0 Å². The van der Waals surface area contributed by atoms with Gasteiger partial charge in [-0.1, -0.05) is 26.7 Å². The minimum atomic E-state index is -1.13. The van der Waals surface area contributed by atoms with Crippen LogP contribution in [0.2, 0.25) is 0 Å². The Hall–Kier alpha value is -0.240. The van der Waals surface area contributed by atoms with Crippen LogP contribution in [0.1, 0.15) is 52.4 Å². The Labute approximate surface area is 126 Å². The fraction of sp³-hybridized carbons (Fsp3) is 1.00. The van der Waals surface area contributed by atoms with E-state index in [0.29, 0.717) is 0 Å². The third-order valence-electron chi connectivity index (χ3n) is 4.30. The standard InChI is InChI=1S/C15H28O6/c1-3-5-7-15(8-6-4-2)20-13-11(18)12(10(17)9-16)19-14(13)21-15/h10-14,16-18H,3-9H2,1-2H3/t10-,11+,12-,13-,14?/m1/s1. The van der Waals surface area contributed by atoms with Gasteiger partial charge in [-0.15, -0.1) is 0 Å². The van der Waals surface area contributed by atoms with Crippen LogP contribution in [-0.4, -0.2) is 58.4 Å². The first kappa shape index (κ1) is 17.1. The lowest BCUT2D eigenvalue weighted by molar-refractivity contribution is -0.249. The van der Waals surface area contributed by atoms with Crippen LogP contribution in [0.25, 0.3) is 0 Å². The molecule has 124 valence electrons. The first-order chi connectivity index (χ1) is 10.1. The smallest absolute Gasteiger partial charge is 0.190 e. The SMILES string of the molecule is CCCCC1(CCCC)OC2O[C@H]([C@H](O)CO)[C@H](O)[C@H]2O1. The lowest BCUT2D eigenvalue weighted by Gasteiger charge is -2.31. The summed E-state index contributed by atoms with van der Waals surface area (Å²) < 4.78 is 17.6. The summed E-state index contributed by atoms with van der Waals surface area (Å²) in [6, 6.07) is 0. The molecule has 2 aliphatic heterocycles. The monoisotopic (exact) mass is 304 g/mol. The van der Waals surface area contributed by atoms with Crippen LogP contribution in [0.15, 0.2) is 0 Å². The molecule has 0 aromatic heterocycles. The van der Waals surface area contributed by atoms with E-state index in [2.05, 4.69) is 13.8 Å². The molecule has 0 radical (unpaired) electrons. The summed E-state index contributed by atoms with van der Waals surface area (Å²) >= 11 is 0. The summed E-state index contributed by atoms with van der Waals surface area (Å²) in [5, 5.41) is 28.9. The van der Waals surface area contributed by atoms with Gasteiger partial charge in [-0.25, -0.2) is 0 Å². The van der Waals surface area contributed by atoms with Gasteiger partial charge in [0.15, 0.2) is 12.1 Å². The predicted molar refractivity (Wildman–Crippen MR) is 75.5 cm³/mol. The highest BCUT2D eigenvalue weighted by Crippen LogP contribution is 2.43. The molecule has 5 atom stereocenters. The van der Waals surface area contributed by atoms with Crippen molar-refractivity contribution in [2.75, 3.05) is 6.61 Å². The topological polar surface area (TPSA) is 88.4 Å². The number of rotatable bonds is 8. The number of ether oxygens (including phenoxy) is 3. The predicted octanol–water partition coefficient (Wildman–Crippen LogP) is 0.917. The first-order valence-electron chi connectivity index (χ1n) is 8.05. The number of fused-ring (bicyclic) bond motifs is 1. The Balaban J connectivity index is 2.01. The summed E-state index contributed by atoms with van der Waals surface area (Å²) in [5.74, 6) is -0.683. The van der Waals surface area contributed by atoms with Gasteiger partial charge in [0.1, 0.15) is 24.4 Å². The molecule has 0 spiro atoms. The zero-order valence-electron chi connectivity index (χ0n) is 12.9. The average molecular weight is 304 g/mol. The van der Waals surface area contributed by atoms with Crippen LogP contribution in [0.3, 0.4) is 0 Å². The summed E-state index contributed by atoms with van der Waals surface area (Å²) in [4.78, 5) is 0. The number of hydrogen-bond acceptors (Lipinski definition) is 6. The normalized spacial score (nSPS) is 35.9. The van der Waals surface area contributed by atoms with Crippen LogP contribution in [-0.2, 0) is 14.2 Å². The Morgan fingerprint density at radius 3 is 2.19 bits per heavy atom. The molecule has 1 unspecified atom stereocenters. The molecular weight excluding hydrogens is 276 g/mol. The molecule has 6 heteroatoms. The van der Waals surface area contributed by atoms with E-state index in [9.17, 15) is 10.2 Å². The number of aliphatic hydroxyl groups is 3. The molecule has 0 aliphatic carbocycles. The molecule has 3 N–H and O–H groups in total. The van der Waals surface area contributed by atoms with E-state index >= 15 is 0 Å². The van der Waals surface area contributed by atoms with Crippen molar-refractivity contribution in [3.8, 4) is 0 Å². The van der Waals surface area contributed by atoms with Crippen molar-refractivity contribution in [1.29, 1.82) is 0 Å². The second kappa shape index (κ2) is 7.35. The van der Waals surface area contributed by atoms with Gasteiger partial charge in [-0.05, 0) is 12.8 Å². The van der Waals surface area contributed by atoms with Crippen molar-refractivity contribution in [1.82, 2.24) is 0 Å². The largest absolute Gasteiger partial charge is 0.394 e. The maximum Gasteiger partial charge on any atom is 0.190 e. The Morgan fingerprint density at radius 2 is 1.71 bits per heavy atom. The molecule has 0 aromatic carbocycles. The number of hydrogen-bond donors (Lipinski definition) is 3. The lowest BCUT2D eigenvalue weighted by Crippen LogP contribution is -2.43. The van der Waals surface area contributed by atoms with E-state index in [1.165, 1.54) is 0 Å². The highest BCUT2D eigenvalue weighted by molar-refractivity contribution is 4.97. The van der Waals surface area contributed by atoms with Crippen LogP contribution in [0.4, 0.5) is 0 Å². The summed E-state index contributed by atoms with van der Waals surface area (Å²) in [6.07, 6.45) is 1.39. The third kappa shape index (κ3) is 3.57. The summed E-state index contributed by atoms with van der Waals surface area (Å²) in [7, 11) is 0. The molecule has 2 saturated heterocycles. The van der Waals surface area contributed by atoms with Crippen LogP contribution >= 0.6 is 0 Å². The minimum Gasteiger partial charge on any atom is -0.394 e. The van der Waals surface area contributed by atoms with Gasteiger partial charge in [0, 0.05) is 12.8 Å². The zero-order valence-corrected chi connectivity index (χ0v) is 12.9. The molecule has 2 fully saturated rings. The second-order valence-corrected chi connectivity index (χ2v) is 6.03. The van der Waals surface area contributed by atoms with Crippen molar-refractivity contribution in [3.05, 3.63) is 0 Å². The molecule has 0 aromatic rings. The van der Waals surface area contributed by atoms with Gasteiger partial charge in [0.25, 0.3) is 0 Å². The molecular formula is C15H28O6. The van der Waals surface area contributed by atoms with E-state index in [0.717, 1.165) is 38.5 Å².